The first-order valence-electron chi connectivity index (χ1n) is 5.45. The van der Waals surface area contributed by atoms with Crippen molar-refractivity contribution in [1.29, 1.82) is 0 Å². The number of rotatable bonds is 6. The van der Waals surface area contributed by atoms with Crippen LogP contribution in [0, 0.1) is 0 Å². The van der Waals surface area contributed by atoms with Crippen LogP contribution in [0.3, 0.4) is 0 Å². The molecule has 17 heavy (non-hydrogen) atoms. The van der Waals surface area contributed by atoms with Gasteiger partial charge in [0, 0.05) is 42.1 Å². The van der Waals surface area contributed by atoms with Gasteiger partial charge in [0.15, 0.2) is 5.69 Å². The van der Waals surface area contributed by atoms with E-state index in [9.17, 15) is 9.00 Å². The third kappa shape index (κ3) is 4.18. The molecular formula is C10H18N4O2S. The second kappa shape index (κ2) is 6.39. The number of nitrogens with zero attached hydrogens (tertiary/aromatic N) is 2. The van der Waals surface area contributed by atoms with Crippen LogP contribution in [0.4, 0.5) is 5.69 Å². The summed E-state index contributed by atoms with van der Waals surface area (Å²) in [5.74, 6) is 0.302. The molecule has 0 radical (unpaired) electrons. The number of nitrogen functional groups attached to an aromatic ring is 1. The molecule has 1 aromatic heterocycles. The molecule has 0 spiro atoms. The Balaban J connectivity index is 2.46. The van der Waals surface area contributed by atoms with Crippen LogP contribution in [-0.2, 0) is 17.3 Å². The number of carbonyl (C=O) groups is 1. The zero-order valence-electron chi connectivity index (χ0n) is 10.1. The van der Waals surface area contributed by atoms with E-state index in [-0.39, 0.29) is 11.6 Å². The summed E-state index contributed by atoms with van der Waals surface area (Å²) in [5, 5.41) is 6.77. The molecule has 1 rings (SSSR count). The molecule has 3 N–H and O–H groups in total. The van der Waals surface area contributed by atoms with Crippen molar-refractivity contribution in [3.63, 3.8) is 0 Å². The van der Waals surface area contributed by atoms with E-state index in [0.717, 1.165) is 0 Å². The molecule has 0 saturated carbocycles. The third-order valence-corrected chi connectivity index (χ3v) is 3.09. The first kappa shape index (κ1) is 13.7. The number of nitrogens with one attached hydrogen (secondary N) is 1. The summed E-state index contributed by atoms with van der Waals surface area (Å²) in [6, 6.07) is 0. The number of anilines is 1. The fourth-order valence-corrected chi connectivity index (χ4v) is 1.89. The van der Waals surface area contributed by atoms with Gasteiger partial charge in [0.25, 0.3) is 5.91 Å². The number of aryl methyl sites for hydroxylation is 1. The standard InChI is InChI=1S/C10H18N4O2S/c1-3-14-7-8(11)9(13-14)10(15)12-5-4-6-17(2)16/h7H,3-6,11H2,1-2H3,(H,12,15). The first-order valence-corrected chi connectivity index (χ1v) is 7.18. The van der Waals surface area contributed by atoms with E-state index in [1.807, 2.05) is 6.92 Å². The SMILES string of the molecule is CCn1cc(N)c(C(=O)NCCCS(C)=O)n1. The Morgan fingerprint density at radius 3 is 2.88 bits per heavy atom. The van der Waals surface area contributed by atoms with Crippen LogP contribution in [0.5, 0.6) is 0 Å². The maximum Gasteiger partial charge on any atom is 0.273 e. The minimum absolute atomic E-state index is 0.254. The molecule has 6 nitrogen and oxygen atoms in total. The van der Waals surface area contributed by atoms with Crippen LogP contribution in [0.2, 0.25) is 0 Å². The zero-order chi connectivity index (χ0) is 12.8. The maximum atomic E-state index is 11.7. The van der Waals surface area contributed by atoms with E-state index >= 15 is 0 Å². The number of nitrogens with two attached hydrogens (primary N) is 1. The van der Waals surface area contributed by atoms with Crippen LogP contribution in [0.1, 0.15) is 23.8 Å². The van der Waals surface area contributed by atoms with Gasteiger partial charge in [0.2, 0.25) is 0 Å². The highest BCUT2D eigenvalue weighted by Gasteiger charge is 2.13. The molecule has 0 bridgehead atoms. The van der Waals surface area contributed by atoms with Gasteiger partial charge >= 0.3 is 0 Å². The van der Waals surface area contributed by atoms with Crippen molar-refractivity contribution in [2.75, 3.05) is 24.3 Å². The zero-order valence-corrected chi connectivity index (χ0v) is 10.9. The number of aromatic nitrogens is 2. The molecular weight excluding hydrogens is 240 g/mol. The molecule has 7 heteroatoms. The van der Waals surface area contributed by atoms with Gasteiger partial charge in [-0.3, -0.25) is 13.7 Å². The molecule has 0 saturated heterocycles. The highest BCUT2D eigenvalue weighted by atomic mass is 32.2. The van der Waals surface area contributed by atoms with Gasteiger partial charge < -0.3 is 11.1 Å². The molecule has 1 aromatic rings. The predicted molar refractivity (Wildman–Crippen MR) is 68.2 cm³/mol. The topological polar surface area (TPSA) is 90.0 Å². The summed E-state index contributed by atoms with van der Waals surface area (Å²) in [6.07, 6.45) is 3.96. The third-order valence-electron chi connectivity index (χ3n) is 2.22. The van der Waals surface area contributed by atoms with E-state index < -0.39 is 10.8 Å². The smallest absolute Gasteiger partial charge is 0.273 e. The van der Waals surface area contributed by atoms with Crippen molar-refractivity contribution in [3.8, 4) is 0 Å². The van der Waals surface area contributed by atoms with Crippen LogP contribution in [0.15, 0.2) is 6.20 Å². The fourth-order valence-electron chi connectivity index (χ4n) is 1.34. The lowest BCUT2D eigenvalue weighted by Gasteiger charge is -2.02. The summed E-state index contributed by atoms with van der Waals surface area (Å²) < 4.78 is 12.4. The van der Waals surface area contributed by atoms with E-state index in [4.69, 9.17) is 5.73 Å². The molecule has 1 unspecified atom stereocenters. The van der Waals surface area contributed by atoms with Crippen molar-refractivity contribution in [2.24, 2.45) is 0 Å². The quantitative estimate of drug-likeness (QED) is 0.702. The number of hydrogen-bond donors (Lipinski definition) is 2. The second-order valence-electron chi connectivity index (χ2n) is 3.68. The Morgan fingerprint density at radius 2 is 2.35 bits per heavy atom. The van der Waals surface area contributed by atoms with Crippen LogP contribution >= 0.6 is 0 Å². The van der Waals surface area contributed by atoms with Crippen molar-refractivity contribution < 1.29 is 9.00 Å². The molecule has 0 aliphatic heterocycles. The summed E-state index contributed by atoms with van der Waals surface area (Å²) >= 11 is 0. The van der Waals surface area contributed by atoms with Gasteiger partial charge in [0.05, 0.1) is 5.69 Å². The van der Waals surface area contributed by atoms with Gasteiger partial charge in [-0.05, 0) is 13.3 Å². The number of carbonyl (C=O) groups excluding carboxylic acids is 1. The highest BCUT2D eigenvalue weighted by molar-refractivity contribution is 7.84. The van der Waals surface area contributed by atoms with Crippen LogP contribution in [-0.4, -0.2) is 38.4 Å². The Hall–Kier alpha value is -1.37. The molecule has 1 heterocycles. The molecule has 0 fully saturated rings. The number of hydrogen-bond acceptors (Lipinski definition) is 4. The molecule has 1 amide bonds. The lowest BCUT2D eigenvalue weighted by molar-refractivity contribution is 0.0949. The average Bonchev–Trinajstić information content (AvgIpc) is 2.65. The Morgan fingerprint density at radius 1 is 1.65 bits per heavy atom. The van der Waals surface area contributed by atoms with Gasteiger partial charge in [-0.15, -0.1) is 0 Å². The Bertz CT molecular complexity index is 416. The predicted octanol–water partition coefficient (Wildman–Crippen LogP) is -0.0164. The first-order chi connectivity index (χ1) is 8.04. The maximum absolute atomic E-state index is 11.7. The summed E-state index contributed by atoms with van der Waals surface area (Å²) in [4.78, 5) is 11.7. The molecule has 96 valence electrons. The molecule has 1 atom stereocenters. The van der Waals surface area contributed by atoms with E-state index in [1.165, 1.54) is 0 Å². The monoisotopic (exact) mass is 258 g/mol. The van der Waals surface area contributed by atoms with Crippen molar-refractivity contribution >= 4 is 22.4 Å². The van der Waals surface area contributed by atoms with Gasteiger partial charge in [-0.25, -0.2) is 0 Å². The highest BCUT2D eigenvalue weighted by Crippen LogP contribution is 2.08. The molecule has 0 aliphatic rings. The minimum atomic E-state index is -0.822. The largest absolute Gasteiger partial charge is 0.396 e. The van der Waals surface area contributed by atoms with Crippen LogP contribution in [0.25, 0.3) is 0 Å². The van der Waals surface area contributed by atoms with E-state index in [1.54, 1.807) is 17.1 Å². The summed E-state index contributed by atoms with van der Waals surface area (Å²) in [6.45, 7) is 3.08. The van der Waals surface area contributed by atoms with E-state index in [0.29, 0.717) is 31.0 Å². The Labute approximate surface area is 103 Å². The van der Waals surface area contributed by atoms with Gasteiger partial charge in [-0.2, -0.15) is 5.10 Å². The van der Waals surface area contributed by atoms with Crippen molar-refractivity contribution in [2.45, 2.75) is 19.9 Å². The lowest BCUT2D eigenvalue weighted by Crippen LogP contribution is -2.26. The van der Waals surface area contributed by atoms with Crippen LogP contribution < -0.4 is 11.1 Å². The lowest BCUT2D eigenvalue weighted by atomic mass is 10.3. The van der Waals surface area contributed by atoms with Gasteiger partial charge in [0.1, 0.15) is 0 Å². The summed E-state index contributed by atoms with van der Waals surface area (Å²) in [5.41, 5.74) is 6.31. The Kier molecular flexibility index (Phi) is 5.14. The average molecular weight is 258 g/mol. The molecule has 0 aliphatic carbocycles. The van der Waals surface area contributed by atoms with Gasteiger partial charge in [-0.1, -0.05) is 0 Å². The molecule has 0 aromatic carbocycles. The fraction of sp³-hybridized carbons (Fsp3) is 0.600. The van der Waals surface area contributed by atoms with Crippen molar-refractivity contribution in [3.05, 3.63) is 11.9 Å². The summed E-state index contributed by atoms with van der Waals surface area (Å²) in [7, 11) is -0.822. The van der Waals surface area contributed by atoms with E-state index in [2.05, 4.69) is 10.4 Å². The normalized spacial score (nSPS) is 12.4. The minimum Gasteiger partial charge on any atom is -0.396 e. The number of amides is 1. The second-order valence-corrected chi connectivity index (χ2v) is 5.23. The van der Waals surface area contributed by atoms with Crippen molar-refractivity contribution in [1.82, 2.24) is 15.1 Å².